The maximum absolute atomic E-state index is 12.1. The molecule has 0 spiro atoms. The third kappa shape index (κ3) is 6.31. The first kappa shape index (κ1) is 21.8. The first-order chi connectivity index (χ1) is 15.1. The Morgan fingerprint density at radius 2 is 1.39 bits per heavy atom. The summed E-state index contributed by atoms with van der Waals surface area (Å²) in [5.74, 6) is 0.576. The van der Waals surface area contributed by atoms with E-state index in [9.17, 15) is 9.59 Å². The van der Waals surface area contributed by atoms with Crippen LogP contribution in [0.1, 0.15) is 0 Å². The highest BCUT2D eigenvalue weighted by Gasteiger charge is 2.10. The fourth-order valence-corrected chi connectivity index (χ4v) is 2.87. The molecule has 0 radical (unpaired) electrons. The van der Waals surface area contributed by atoms with Gasteiger partial charge in [-0.05, 0) is 35.8 Å². The molecule has 9 heteroatoms. The van der Waals surface area contributed by atoms with E-state index in [1.807, 2.05) is 36.4 Å². The van der Waals surface area contributed by atoms with Gasteiger partial charge >= 0.3 is 0 Å². The van der Waals surface area contributed by atoms with Crippen LogP contribution in [0.25, 0.3) is 10.8 Å². The summed E-state index contributed by atoms with van der Waals surface area (Å²) in [6.45, 7) is -0.505. The SMILES string of the molecule is COc1ccccc1OCC(=O)NNC(=S)NC(=O)COc1cccc2ccccc12. The third-order valence-electron chi connectivity index (χ3n) is 4.10. The first-order valence-corrected chi connectivity index (χ1v) is 9.72. The summed E-state index contributed by atoms with van der Waals surface area (Å²) in [4.78, 5) is 24.0. The molecule has 8 nitrogen and oxygen atoms in total. The minimum absolute atomic E-state index is 0.0721. The lowest BCUT2D eigenvalue weighted by molar-refractivity contribution is -0.124. The summed E-state index contributed by atoms with van der Waals surface area (Å²) in [6, 6.07) is 20.3. The van der Waals surface area contributed by atoms with Crippen molar-refractivity contribution in [2.24, 2.45) is 0 Å². The molecule has 0 saturated carbocycles. The second-order valence-electron chi connectivity index (χ2n) is 6.26. The summed E-state index contributed by atoms with van der Waals surface area (Å²) < 4.78 is 16.1. The number of thiocarbonyl (C=S) groups is 1. The third-order valence-corrected chi connectivity index (χ3v) is 4.31. The second-order valence-corrected chi connectivity index (χ2v) is 6.66. The van der Waals surface area contributed by atoms with Crippen LogP contribution in [0.4, 0.5) is 0 Å². The fourth-order valence-electron chi connectivity index (χ4n) is 2.70. The number of hydrogen-bond acceptors (Lipinski definition) is 6. The van der Waals surface area contributed by atoms with E-state index in [1.54, 1.807) is 30.3 Å². The van der Waals surface area contributed by atoms with Gasteiger partial charge in [-0.25, -0.2) is 0 Å². The molecule has 0 aliphatic carbocycles. The summed E-state index contributed by atoms with van der Waals surface area (Å²) in [5, 5.41) is 4.27. The number of para-hydroxylation sites is 2. The number of methoxy groups -OCH3 is 1. The lowest BCUT2D eigenvalue weighted by Crippen LogP contribution is -2.50. The lowest BCUT2D eigenvalue weighted by atomic mass is 10.1. The second kappa shape index (κ2) is 10.8. The van der Waals surface area contributed by atoms with E-state index in [1.165, 1.54) is 7.11 Å². The quantitative estimate of drug-likeness (QED) is 0.384. The Bertz CT molecular complexity index is 1080. The molecule has 2 amide bonds. The zero-order chi connectivity index (χ0) is 22.1. The smallest absolute Gasteiger partial charge is 0.276 e. The highest BCUT2D eigenvalue weighted by Crippen LogP contribution is 2.26. The van der Waals surface area contributed by atoms with Crippen molar-refractivity contribution in [1.82, 2.24) is 16.2 Å². The molecule has 0 heterocycles. The molecule has 0 saturated heterocycles. The van der Waals surface area contributed by atoms with Crippen LogP contribution in [0.5, 0.6) is 17.2 Å². The molecule has 0 fully saturated rings. The number of benzene rings is 3. The van der Waals surface area contributed by atoms with E-state index in [2.05, 4.69) is 16.2 Å². The summed E-state index contributed by atoms with van der Waals surface area (Å²) in [5.41, 5.74) is 4.78. The maximum atomic E-state index is 12.1. The zero-order valence-electron chi connectivity index (χ0n) is 16.7. The molecule has 3 aromatic carbocycles. The largest absolute Gasteiger partial charge is 0.493 e. The van der Waals surface area contributed by atoms with Crippen molar-refractivity contribution >= 4 is 39.9 Å². The average Bonchev–Trinajstić information content (AvgIpc) is 2.80. The molecule has 0 atom stereocenters. The monoisotopic (exact) mass is 439 g/mol. The molecule has 0 unspecified atom stereocenters. The van der Waals surface area contributed by atoms with Crippen LogP contribution >= 0.6 is 12.2 Å². The van der Waals surface area contributed by atoms with Crippen molar-refractivity contribution in [1.29, 1.82) is 0 Å². The Labute approximate surface area is 184 Å². The molecule has 3 rings (SSSR count). The molecule has 31 heavy (non-hydrogen) atoms. The van der Waals surface area contributed by atoms with Crippen LogP contribution in [0.3, 0.4) is 0 Å². The first-order valence-electron chi connectivity index (χ1n) is 9.32. The number of rotatable bonds is 7. The maximum Gasteiger partial charge on any atom is 0.276 e. The molecular weight excluding hydrogens is 418 g/mol. The fraction of sp³-hybridized carbons (Fsp3) is 0.136. The minimum atomic E-state index is -0.491. The van der Waals surface area contributed by atoms with Crippen molar-refractivity contribution < 1.29 is 23.8 Å². The van der Waals surface area contributed by atoms with Gasteiger partial charge in [0.05, 0.1) is 7.11 Å². The standard InChI is InChI=1S/C22H21N3O5S/c1-28-18-10-4-5-11-19(18)30-14-21(27)24-25-22(31)23-20(26)13-29-17-12-6-8-15-7-2-3-9-16(15)17/h2-12H,13-14H2,1H3,(H,24,27)(H2,23,25,26,31). The molecule has 0 aromatic heterocycles. The number of carbonyl (C=O) groups is 2. The summed E-state index contributed by atoms with van der Waals surface area (Å²) in [7, 11) is 1.51. The van der Waals surface area contributed by atoms with Crippen molar-refractivity contribution in [3.63, 3.8) is 0 Å². The summed E-state index contributed by atoms with van der Waals surface area (Å²) in [6.07, 6.45) is 0. The van der Waals surface area contributed by atoms with Crippen LogP contribution < -0.4 is 30.4 Å². The Morgan fingerprint density at radius 3 is 2.19 bits per heavy atom. The number of carbonyl (C=O) groups excluding carboxylic acids is 2. The molecule has 0 bridgehead atoms. The topological polar surface area (TPSA) is 97.9 Å². The van der Waals surface area contributed by atoms with E-state index in [4.69, 9.17) is 26.4 Å². The molecule has 0 aliphatic heterocycles. The predicted octanol–water partition coefficient (Wildman–Crippen LogP) is 2.33. The van der Waals surface area contributed by atoms with Crippen molar-refractivity contribution in [2.45, 2.75) is 0 Å². The molecular formula is C22H21N3O5S. The Balaban J connectivity index is 1.40. The van der Waals surface area contributed by atoms with Gasteiger partial charge in [0.25, 0.3) is 11.8 Å². The molecule has 3 aromatic rings. The number of hydrogen-bond donors (Lipinski definition) is 3. The van der Waals surface area contributed by atoms with Gasteiger partial charge in [-0.15, -0.1) is 0 Å². The number of amides is 2. The van der Waals surface area contributed by atoms with E-state index in [0.717, 1.165) is 10.8 Å². The number of fused-ring (bicyclic) bond motifs is 1. The van der Waals surface area contributed by atoms with E-state index in [-0.39, 0.29) is 18.3 Å². The van der Waals surface area contributed by atoms with Gasteiger partial charge in [0.1, 0.15) is 5.75 Å². The number of nitrogens with one attached hydrogen (secondary N) is 3. The van der Waals surface area contributed by atoms with Crippen molar-refractivity contribution in [3.05, 3.63) is 66.7 Å². The number of ether oxygens (including phenoxy) is 3. The van der Waals surface area contributed by atoms with E-state index < -0.39 is 11.8 Å². The lowest BCUT2D eigenvalue weighted by Gasteiger charge is -2.13. The zero-order valence-corrected chi connectivity index (χ0v) is 17.5. The highest BCUT2D eigenvalue weighted by molar-refractivity contribution is 7.80. The van der Waals surface area contributed by atoms with Crippen LogP contribution in [0, 0.1) is 0 Å². The van der Waals surface area contributed by atoms with Crippen LogP contribution in [0.15, 0.2) is 66.7 Å². The molecule has 3 N–H and O–H groups in total. The van der Waals surface area contributed by atoms with Crippen molar-refractivity contribution in [3.8, 4) is 17.2 Å². The number of hydrazine groups is 1. The highest BCUT2D eigenvalue weighted by atomic mass is 32.1. The van der Waals surface area contributed by atoms with Gasteiger partial charge in [0.15, 0.2) is 29.8 Å². The average molecular weight is 439 g/mol. The minimum Gasteiger partial charge on any atom is -0.493 e. The van der Waals surface area contributed by atoms with Gasteiger partial charge in [-0.1, -0.05) is 48.5 Å². The van der Waals surface area contributed by atoms with Gasteiger partial charge < -0.3 is 14.2 Å². The summed E-state index contributed by atoms with van der Waals surface area (Å²) >= 11 is 5.00. The van der Waals surface area contributed by atoms with Gasteiger partial charge in [-0.2, -0.15) is 0 Å². The Morgan fingerprint density at radius 1 is 0.774 bits per heavy atom. The normalized spacial score (nSPS) is 10.1. The molecule has 0 aliphatic rings. The van der Waals surface area contributed by atoms with Gasteiger partial charge in [0.2, 0.25) is 0 Å². The Hall–Kier alpha value is -3.85. The van der Waals surface area contributed by atoms with Crippen LogP contribution in [-0.4, -0.2) is 37.3 Å². The molecule has 160 valence electrons. The van der Waals surface area contributed by atoms with Gasteiger partial charge in [-0.3, -0.25) is 25.8 Å². The predicted molar refractivity (Wildman–Crippen MR) is 120 cm³/mol. The van der Waals surface area contributed by atoms with E-state index in [0.29, 0.717) is 17.2 Å². The Kier molecular flexibility index (Phi) is 7.61. The van der Waals surface area contributed by atoms with Crippen LogP contribution in [-0.2, 0) is 9.59 Å². The van der Waals surface area contributed by atoms with Gasteiger partial charge in [0, 0.05) is 5.39 Å². The van der Waals surface area contributed by atoms with E-state index >= 15 is 0 Å². The van der Waals surface area contributed by atoms with Crippen molar-refractivity contribution in [2.75, 3.05) is 20.3 Å². The van der Waals surface area contributed by atoms with Crippen LogP contribution in [0.2, 0.25) is 0 Å².